The summed E-state index contributed by atoms with van der Waals surface area (Å²) in [5.41, 5.74) is 0. The van der Waals surface area contributed by atoms with Crippen molar-refractivity contribution in [3.8, 4) is 0 Å². The first-order valence-corrected chi connectivity index (χ1v) is 6.89. The predicted molar refractivity (Wildman–Crippen MR) is 72.4 cm³/mol. The molecule has 1 aliphatic heterocycles. The molecule has 2 atom stereocenters. The van der Waals surface area contributed by atoms with E-state index >= 15 is 0 Å². The number of amides is 2. The summed E-state index contributed by atoms with van der Waals surface area (Å²) in [6.45, 7) is 6.07. The summed E-state index contributed by atoms with van der Waals surface area (Å²) in [7, 11) is 1.78. The van der Waals surface area contributed by atoms with Gasteiger partial charge in [-0.2, -0.15) is 5.10 Å². The Morgan fingerprint density at radius 2 is 2.10 bits per heavy atom. The Hall–Kier alpha value is -1.92. The molecular formula is C13H21N5O2. The first kappa shape index (κ1) is 14.5. The van der Waals surface area contributed by atoms with Gasteiger partial charge in [-0.3, -0.25) is 14.3 Å². The van der Waals surface area contributed by atoms with Crippen molar-refractivity contribution in [3.63, 3.8) is 0 Å². The van der Waals surface area contributed by atoms with Crippen LogP contribution in [0.4, 0.5) is 0 Å². The topological polar surface area (TPSA) is 80.1 Å². The highest BCUT2D eigenvalue weighted by Crippen LogP contribution is 2.20. The van der Waals surface area contributed by atoms with E-state index in [9.17, 15) is 9.59 Å². The van der Waals surface area contributed by atoms with Crippen LogP contribution in [0.2, 0.25) is 0 Å². The van der Waals surface area contributed by atoms with Crippen LogP contribution in [-0.2, 0) is 23.2 Å². The highest BCUT2D eigenvalue weighted by molar-refractivity contribution is 5.97. The normalized spacial score (nSPS) is 23.4. The fourth-order valence-corrected chi connectivity index (χ4v) is 2.53. The molecule has 20 heavy (non-hydrogen) atoms. The number of nitrogens with zero attached hydrogens (tertiary/aromatic N) is 4. The summed E-state index contributed by atoms with van der Waals surface area (Å²) < 4.78 is 1.62. The second-order valence-corrected chi connectivity index (χ2v) is 5.42. The molecule has 2 unspecified atom stereocenters. The van der Waals surface area contributed by atoms with Crippen molar-refractivity contribution in [1.29, 1.82) is 0 Å². The van der Waals surface area contributed by atoms with E-state index < -0.39 is 12.1 Å². The zero-order chi connectivity index (χ0) is 14.9. The van der Waals surface area contributed by atoms with E-state index in [0.717, 1.165) is 0 Å². The molecule has 1 aromatic rings. The molecule has 1 aromatic heterocycles. The lowest BCUT2D eigenvalue weighted by atomic mass is 9.96. The quantitative estimate of drug-likeness (QED) is 0.846. The number of hydrogen-bond acceptors (Lipinski definition) is 4. The smallest absolute Gasteiger partial charge is 0.246 e. The molecule has 0 aliphatic carbocycles. The molecule has 0 radical (unpaired) electrons. The third kappa shape index (κ3) is 2.52. The molecule has 7 heteroatoms. The Morgan fingerprint density at radius 3 is 2.60 bits per heavy atom. The molecule has 2 heterocycles. The molecule has 0 spiro atoms. The van der Waals surface area contributed by atoms with E-state index in [1.54, 1.807) is 16.6 Å². The molecule has 1 saturated heterocycles. The standard InChI is InChI=1S/C13H21N5O2/c1-5-9-13(20)18(6-10-14-7-15-17(10)4)11(8(2)3)12(19)16-9/h7-9,11H,5-6H2,1-4H3,(H,16,19). The molecule has 1 fully saturated rings. The Labute approximate surface area is 118 Å². The number of rotatable bonds is 4. The second kappa shape index (κ2) is 5.60. The number of hydrogen-bond donors (Lipinski definition) is 1. The lowest BCUT2D eigenvalue weighted by molar-refractivity contribution is -0.152. The van der Waals surface area contributed by atoms with E-state index in [4.69, 9.17) is 0 Å². The predicted octanol–water partition coefficient (Wildman–Crippen LogP) is 0.0767. The van der Waals surface area contributed by atoms with Crippen molar-refractivity contribution in [2.75, 3.05) is 0 Å². The van der Waals surface area contributed by atoms with Crippen LogP contribution in [0.25, 0.3) is 0 Å². The molecule has 0 saturated carbocycles. The van der Waals surface area contributed by atoms with Gasteiger partial charge >= 0.3 is 0 Å². The number of piperazine rings is 1. The van der Waals surface area contributed by atoms with Gasteiger partial charge in [0, 0.05) is 7.05 Å². The van der Waals surface area contributed by atoms with Crippen LogP contribution in [0, 0.1) is 5.92 Å². The number of carbonyl (C=O) groups is 2. The lowest BCUT2D eigenvalue weighted by Gasteiger charge is -2.40. The zero-order valence-corrected chi connectivity index (χ0v) is 12.3. The Balaban J connectivity index is 2.29. The second-order valence-electron chi connectivity index (χ2n) is 5.42. The van der Waals surface area contributed by atoms with Crippen LogP contribution in [0.3, 0.4) is 0 Å². The van der Waals surface area contributed by atoms with Gasteiger partial charge in [0.1, 0.15) is 24.2 Å². The van der Waals surface area contributed by atoms with Gasteiger partial charge in [0.2, 0.25) is 11.8 Å². The van der Waals surface area contributed by atoms with E-state index in [0.29, 0.717) is 18.8 Å². The van der Waals surface area contributed by atoms with Crippen molar-refractivity contribution >= 4 is 11.8 Å². The molecule has 2 amide bonds. The SMILES string of the molecule is CCC1NC(=O)C(C(C)C)N(Cc2ncnn2C)C1=O. The van der Waals surface area contributed by atoms with Crippen LogP contribution in [0.5, 0.6) is 0 Å². The minimum Gasteiger partial charge on any atom is -0.343 e. The minimum absolute atomic E-state index is 0.0463. The van der Waals surface area contributed by atoms with Crippen molar-refractivity contribution in [3.05, 3.63) is 12.2 Å². The maximum absolute atomic E-state index is 12.5. The summed E-state index contributed by atoms with van der Waals surface area (Å²) in [6, 6.07) is -0.896. The van der Waals surface area contributed by atoms with E-state index in [2.05, 4.69) is 15.4 Å². The number of carbonyl (C=O) groups excluding carboxylic acids is 2. The Bertz CT molecular complexity index is 511. The van der Waals surface area contributed by atoms with Gasteiger partial charge in [-0.25, -0.2) is 4.98 Å². The number of aryl methyl sites for hydroxylation is 1. The van der Waals surface area contributed by atoms with Crippen molar-refractivity contribution < 1.29 is 9.59 Å². The largest absolute Gasteiger partial charge is 0.343 e. The summed E-state index contributed by atoms with van der Waals surface area (Å²) in [5, 5.41) is 6.80. The molecule has 0 bridgehead atoms. The van der Waals surface area contributed by atoms with Crippen molar-refractivity contribution in [1.82, 2.24) is 25.0 Å². The average Bonchev–Trinajstić information content (AvgIpc) is 2.78. The van der Waals surface area contributed by atoms with Crippen LogP contribution < -0.4 is 5.32 Å². The fourth-order valence-electron chi connectivity index (χ4n) is 2.53. The lowest BCUT2D eigenvalue weighted by Crippen LogP contribution is -2.64. The van der Waals surface area contributed by atoms with E-state index in [1.807, 2.05) is 20.8 Å². The van der Waals surface area contributed by atoms with Gasteiger partial charge in [-0.1, -0.05) is 20.8 Å². The first-order chi connectivity index (χ1) is 9.45. The number of nitrogens with one attached hydrogen (secondary N) is 1. The van der Waals surface area contributed by atoms with Gasteiger partial charge in [-0.05, 0) is 12.3 Å². The summed E-state index contributed by atoms with van der Waals surface area (Å²) in [5.74, 6) is 0.584. The van der Waals surface area contributed by atoms with Gasteiger partial charge < -0.3 is 10.2 Å². The molecular weight excluding hydrogens is 258 g/mol. The maximum Gasteiger partial charge on any atom is 0.246 e. The zero-order valence-electron chi connectivity index (χ0n) is 12.3. The van der Waals surface area contributed by atoms with Gasteiger partial charge in [-0.15, -0.1) is 0 Å². The highest BCUT2D eigenvalue weighted by atomic mass is 16.2. The Morgan fingerprint density at radius 1 is 1.40 bits per heavy atom. The summed E-state index contributed by atoms with van der Waals surface area (Å²) in [4.78, 5) is 30.5. The van der Waals surface area contributed by atoms with E-state index in [1.165, 1.54) is 6.33 Å². The Kier molecular flexibility index (Phi) is 4.06. The summed E-state index contributed by atoms with van der Waals surface area (Å²) >= 11 is 0. The summed E-state index contributed by atoms with van der Waals surface area (Å²) in [6.07, 6.45) is 2.04. The van der Waals surface area contributed by atoms with Gasteiger partial charge in [0.25, 0.3) is 0 Å². The molecule has 7 nitrogen and oxygen atoms in total. The molecule has 0 aromatic carbocycles. The molecule has 1 N–H and O–H groups in total. The monoisotopic (exact) mass is 279 g/mol. The van der Waals surface area contributed by atoms with Crippen molar-refractivity contribution in [2.24, 2.45) is 13.0 Å². The van der Waals surface area contributed by atoms with Crippen LogP contribution in [-0.4, -0.2) is 43.6 Å². The first-order valence-electron chi connectivity index (χ1n) is 6.89. The number of aromatic nitrogens is 3. The molecule has 110 valence electrons. The van der Waals surface area contributed by atoms with Gasteiger partial charge in [0.05, 0.1) is 6.54 Å². The molecule has 1 aliphatic rings. The van der Waals surface area contributed by atoms with Gasteiger partial charge in [0.15, 0.2) is 0 Å². The van der Waals surface area contributed by atoms with Crippen LogP contribution >= 0.6 is 0 Å². The maximum atomic E-state index is 12.5. The third-order valence-electron chi connectivity index (χ3n) is 3.66. The van der Waals surface area contributed by atoms with Crippen LogP contribution in [0.15, 0.2) is 6.33 Å². The van der Waals surface area contributed by atoms with Crippen molar-refractivity contribution in [2.45, 2.75) is 45.8 Å². The molecule has 2 rings (SSSR count). The van der Waals surface area contributed by atoms with E-state index in [-0.39, 0.29) is 17.7 Å². The third-order valence-corrected chi connectivity index (χ3v) is 3.66. The fraction of sp³-hybridized carbons (Fsp3) is 0.692. The minimum atomic E-state index is -0.456. The van der Waals surface area contributed by atoms with Crippen LogP contribution in [0.1, 0.15) is 33.0 Å². The average molecular weight is 279 g/mol. The highest BCUT2D eigenvalue weighted by Gasteiger charge is 2.41.